The predicted octanol–water partition coefficient (Wildman–Crippen LogP) is 4.59. The van der Waals surface area contributed by atoms with E-state index in [9.17, 15) is 4.79 Å². The Morgan fingerprint density at radius 2 is 2.22 bits per heavy atom. The second-order valence-corrected chi connectivity index (χ2v) is 5.67. The summed E-state index contributed by atoms with van der Waals surface area (Å²) in [4.78, 5) is 12.0. The van der Waals surface area contributed by atoms with Crippen molar-refractivity contribution in [1.29, 1.82) is 0 Å². The molecule has 0 aromatic heterocycles. The summed E-state index contributed by atoms with van der Waals surface area (Å²) in [5.74, 6) is 0.0782. The third-order valence-corrected chi connectivity index (χ3v) is 3.86. The van der Waals surface area contributed by atoms with E-state index in [0.29, 0.717) is 6.42 Å². The van der Waals surface area contributed by atoms with Crippen molar-refractivity contribution in [3.05, 3.63) is 39.9 Å². The smallest absolute Gasteiger partial charge is 0.228 e. The van der Waals surface area contributed by atoms with Crippen molar-refractivity contribution in [2.75, 3.05) is 5.32 Å². The van der Waals surface area contributed by atoms with E-state index in [2.05, 4.69) is 27.3 Å². The molecule has 1 aliphatic carbocycles. The van der Waals surface area contributed by atoms with Gasteiger partial charge < -0.3 is 5.32 Å². The number of allylic oxidation sites excluding steroid dienone is 1. The maximum Gasteiger partial charge on any atom is 0.228 e. The molecule has 0 radical (unpaired) electrons. The van der Waals surface area contributed by atoms with Gasteiger partial charge in [0.05, 0.1) is 5.69 Å². The van der Waals surface area contributed by atoms with Gasteiger partial charge in [0.15, 0.2) is 0 Å². The largest absolute Gasteiger partial charge is 0.325 e. The Morgan fingerprint density at radius 1 is 1.39 bits per heavy atom. The summed E-state index contributed by atoms with van der Waals surface area (Å²) in [5.41, 5.74) is 3.28. The van der Waals surface area contributed by atoms with E-state index in [1.807, 2.05) is 25.1 Å². The van der Waals surface area contributed by atoms with Crippen molar-refractivity contribution in [3.8, 4) is 0 Å². The molecular formula is C15H18BrNO. The number of rotatable bonds is 3. The number of hydrogen-bond donors (Lipinski definition) is 1. The average molecular weight is 308 g/mol. The van der Waals surface area contributed by atoms with Crippen LogP contribution in [0.5, 0.6) is 0 Å². The van der Waals surface area contributed by atoms with Crippen LogP contribution in [0, 0.1) is 6.92 Å². The molecule has 1 aromatic carbocycles. The summed E-state index contributed by atoms with van der Waals surface area (Å²) >= 11 is 3.45. The van der Waals surface area contributed by atoms with Crippen LogP contribution in [0.2, 0.25) is 0 Å². The van der Waals surface area contributed by atoms with E-state index in [1.54, 1.807) is 0 Å². The van der Waals surface area contributed by atoms with Crippen LogP contribution in [-0.2, 0) is 4.79 Å². The third kappa shape index (κ3) is 3.70. The zero-order valence-electron chi connectivity index (χ0n) is 10.6. The minimum atomic E-state index is 0.0782. The van der Waals surface area contributed by atoms with Gasteiger partial charge in [-0.05, 0) is 66.2 Å². The minimum Gasteiger partial charge on any atom is -0.325 e. The van der Waals surface area contributed by atoms with Gasteiger partial charge in [-0.15, -0.1) is 0 Å². The Bertz CT molecular complexity index is 479. The highest BCUT2D eigenvalue weighted by atomic mass is 79.9. The lowest BCUT2D eigenvalue weighted by atomic mass is 9.97. The Balaban J connectivity index is 1.98. The molecule has 0 bridgehead atoms. The summed E-state index contributed by atoms with van der Waals surface area (Å²) in [6.07, 6.45) is 7.41. The number of anilines is 1. The molecule has 0 atom stereocenters. The van der Waals surface area contributed by atoms with Crippen molar-refractivity contribution in [1.82, 2.24) is 0 Å². The predicted molar refractivity (Wildman–Crippen MR) is 78.7 cm³/mol. The molecule has 0 unspecified atom stereocenters. The van der Waals surface area contributed by atoms with Gasteiger partial charge >= 0.3 is 0 Å². The summed E-state index contributed by atoms with van der Waals surface area (Å²) in [7, 11) is 0. The minimum absolute atomic E-state index is 0.0782. The maximum absolute atomic E-state index is 12.0. The van der Waals surface area contributed by atoms with E-state index < -0.39 is 0 Å². The summed E-state index contributed by atoms with van der Waals surface area (Å²) in [6, 6.07) is 5.96. The molecule has 2 rings (SSSR count). The van der Waals surface area contributed by atoms with Crippen molar-refractivity contribution >= 4 is 27.5 Å². The number of amides is 1. The van der Waals surface area contributed by atoms with Gasteiger partial charge in [0.25, 0.3) is 0 Å². The molecule has 0 aliphatic heterocycles. The van der Waals surface area contributed by atoms with Crippen LogP contribution < -0.4 is 5.32 Å². The molecule has 0 heterocycles. The van der Waals surface area contributed by atoms with Gasteiger partial charge in [-0.2, -0.15) is 0 Å². The first kappa shape index (κ1) is 13.3. The van der Waals surface area contributed by atoms with Gasteiger partial charge in [0.1, 0.15) is 0 Å². The average Bonchev–Trinajstić information content (AvgIpc) is 2.35. The van der Waals surface area contributed by atoms with Gasteiger partial charge in [-0.1, -0.05) is 17.7 Å². The second-order valence-electron chi connectivity index (χ2n) is 4.82. The Labute approximate surface area is 117 Å². The first-order valence-corrected chi connectivity index (χ1v) is 7.18. The van der Waals surface area contributed by atoms with Gasteiger partial charge in [-0.25, -0.2) is 0 Å². The van der Waals surface area contributed by atoms with E-state index in [0.717, 1.165) is 28.6 Å². The first-order valence-electron chi connectivity index (χ1n) is 6.39. The molecule has 1 amide bonds. The first-order chi connectivity index (χ1) is 8.65. The van der Waals surface area contributed by atoms with Crippen LogP contribution in [0.3, 0.4) is 0 Å². The second kappa shape index (κ2) is 6.19. The number of hydrogen-bond acceptors (Lipinski definition) is 1. The Hall–Kier alpha value is -1.09. The Kier molecular flexibility index (Phi) is 4.59. The molecule has 3 heteroatoms. The molecule has 1 N–H and O–H groups in total. The van der Waals surface area contributed by atoms with Crippen molar-refractivity contribution in [2.24, 2.45) is 0 Å². The molecule has 0 fully saturated rings. The number of benzene rings is 1. The normalized spacial score (nSPS) is 15.1. The van der Waals surface area contributed by atoms with E-state index >= 15 is 0 Å². The van der Waals surface area contributed by atoms with E-state index in [-0.39, 0.29) is 5.91 Å². The quantitative estimate of drug-likeness (QED) is 0.813. The molecule has 2 nitrogen and oxygen atoms in total. The molecule has 1 aliphatic rings. The van der Waals surface area contributed by atoms with E-state index in [1.165, 1.54) is 18.4 Å². The number of aryl methyl sites for hydroxylation is 1. The van der Waals surface area contributed by atoms with Crippen molar-refractivity contribution in [2.45, 2.75) is 39.0 Å². The highest BCUT2D eigenvalue weighted by Gasteiger charge is 2.10. The van der Waals surface area contributed by atoms with Crippen LogP contribution in [-0.4, -0.2) is 5.91 Å². The maximum atomic E-state index is 12.0. The van der Waals surface area contributed by atoms with Gasteiger partial charge in [-0.3, -0.25) is 4.79 Å². The van der Waals surface area contributed by atoms with Crippen LogP contribution in [0.25, 0.3) is 0 Å². The lowest BCUT2D eigenvalue weighted by molar-refractivity contribution is -0.115. The van der Waals surface area contributed by atoms with Gasteiger partial charge in [0, 0.05) is 10.9 Å². The lowest BCUT2D eigenvalue weighted by Crippen LogP contribution is -2.13. The summed E-state index contributed by atoms with van der Waals surface area (Å²) in [6.45, 7) is 2.02. The Morgan fingerprint density at radius 3 is 2.94 bits per heavy atom. The van der Waals surface area contributed by atoms with Crippen LogP contribution in [0.15, 0.2) is 34.3 Å². The molecule has 1 aromatic rings. The van der Waals surface area contributed by atoms with Crippen LogP contribution in [0.1, 0.15) is 37.7 Å². The zero-order chi connectivity index (χ0) is 13.0. The summed E-state index contributed by atoms with van der Waals surface area (Å²) < 4.78 is 0.930. The molecular weight excluding hydrogens is 290 g/mol. The van der Waals surface area contributed by atoms with Crippen LogP contribution in [0.4, 0.5) is 5.69 Å². The topological polar surface area (TPSA) is 29.1 Å². The fourth-order valence-corrected chi connectivity index (χ4v) is 2.55. The highest BCUT2D eigenvalue weighted by Crippen LogP contribution is 2.25. The summed E-state index contributed by atoms with van der Waals surface area (Å²) in [5, 5.41) is 2.97. The third-order valence-electron chi connectivity index (χ3n) is 3.17. The van der Waals surface area contributed by atoms with Crippen LogP contribution >= 0.6 is 15.9 Å². The highest BCUT2D eigenvalue weighted by molar-refractivity contribution is 9.10. The SMILES string of the molecule is Cc1ccc(Br)c(NC(=O)CC2=CCCCC2)c1. The van der Waals surface area contributed by atoms with Gasteiger partial charge in [0.2, 0.25) is 5.91 Å². The molecule has 18 heavy (non-hydrogen) atoms. The number of nitrogens with one attached hydrogen (secondary N) is 1. The molecule has 96 valence electrons. The number of carbonyl (C=O) groups excluding carboxylic acids is 1. The lowest BCUT2D eigenvalue weighted by Gasteiger charge is -2.13. The monoisotopic (exact) mass is 307 g/mol. The fourth-order valence-electron chi connectivity index (χ4n) is 2.20. The molecule has 0 saturated carbocycles. The number of carbonyl (C=O) groups is 1. The van der Waals surface area contributed by atoms with Crippen molar-refractivity contribution < 1.29 is 4.79 Å². The molecule has 0 spiro atoms. The fraction of sp³-hybridized carbons (Fsp3) is 0.400. The standard InChI is InChI=1S/C15H18BrNO/c1-11-7-8-13(16)14(9-11)17-15(18)10-12-5-3-2-4-6-12/h5,7-9H,2-4,6,10H2,1H3,(H,17,18). The van der Waals surface area contributed by atoms with E-state index in [4.69, 9.17) is 0 Å². The van der Waals surface area contributed by atoms with Crippen molar-refractivity contribution in [3.63, 3.8) is 0 Å². The zero-order valence-corrected chi connectivity index (χ0v) is 12.2. The number of halogens is 1. The molecule has 0 saturated heterocycles.